The van der Waals surface area contributed by atoms with Crippen LogP contribution in [0, 0.1) is 6.92 Å². The molecule has 0 saturated heterocycles. The fourth-order valence-corrected chi connectivity index (χ4v) is 2.63. The van der Waals surface area contributed by atoms with Crippen molar-refractivity contribution in [2.45, 2.75) is 13.3 Å². The number of amides is 1. The summed E-state index contributed by atoms with van der Waals surface area (Å²) in [7, 11) is 3.39. The van der Waals surface area contributed by atoms with Crippen LogP contribution in [0.25, 0.3) is 16.9 Å². The van der Waals surface area contributed by atoms with Crippen molar-refractivity contribution in [3.05, 3.63) is 59.4 Å². The van der Waals surface area contributed by atoms with Crippen molar-refractivity contribution in [2.75, 3.05) is 14.1 Å². The number of carboxylic acid groups (broad SMARTS) is 1. The molecule has 6 nitrogen and oxygen atoms in total. The van der Waals surface area contributed by atoms with Crippen molar-refractivity contribution in [3.8, 4) is 11.3 Å². The van der Waals surface area contributed by atoms with E-state index in [-0.39, 0.29) is 17.9 Å². The van der Waals surface area contributed by atoms with Crippen molar-refractivity contribution in [1.82, 2.24) is 14.3 Å². The van der Waals surface area contributed by atoms with Crippen molar-refractivity contribution in [1.29, 1.82) is 0 Å². The van der Waals surface area contributed by atoms with Gasteiger partial charge in [0.25, 0.3) is 0 Å². The summed E-state index contributed by atoms with van der Waals surface area (Å²) in [6.07, 6.45) is 1.65. The summed E-state index contributed by atoms with van der Waals surface area (Å²) in [4.78, 5) is 29.7. The molecule has 0 aliphatic heterocycles. The Kier molecular flexibility index (Phi) is 4.27. The highest BCUT2D eigenvalue weighted by atomic mass is 16.4. The van der Waals surface area contributed by atoms with Gasteiger partial charge in [0.2, 0.25) is 5.91 Å². The normalized spacial score (nSPS) is 10.8. The molecule has 1 aromatic carbocycles. The first-order chi connectivity index (χ1) is 11.9. The number of carboxylic acids is 1. The van der Waals surface area contributed by atoms with E-state index in [4.69, 9.17) is 0 Å². The molecule has 2 aromatic heterocycles. The second-order valence-electron chi connectivity index (χ2n) is 6.19. The third-order valence-corrected chi connectivity index (χ3v) is 4.11. The second-order valence-corrected chi connectivity index (χ2v) is 6.19. The number of aromatic carboxylic acids is 1. The first kappa shape index (κ1) is 16.7. The Bertz CT molecular complexity index is 956. The molecule has 0 aliphatic rings. The molecule has 128 valence electrons. The van der Waals surface area contributed by atoms with Crippen LogP contribution < -0.4 is 0 Å². The minimum atomic E-state index is -1.02. The van der Waals surface area contributed by atoms with Gasteiger partial charge in [-0.1, -0.05) is 29.8 Å². The molecule has 0 aliphatic carbocycles. The molecule has 1 amide bonds. The van der Waals surface area contributed by atoms with Gasteiger partial charge in [-0.2, -0.15) is 0 Å². The number of benzene rings is 1. The average Bonchev–Trinajstić information content (AvgIpc) is 2.93. The van der Waals surface area contributed by atoms with Gasteiger partial charge in [0.15, 0.2) is 0 Å². The van der Waals surface area contributed by atoms with E-state index in [0.717, 1.165) is 11.1 Å². The fourth-order valence-electron chi connectivity index (χ4n) is 2.63. The van der Waals surface area contributed by atoms with Crippen LogP contribution >= 0.6 is 0 Å². The van der Waals surface area contributed by atoms with Crippen LogP contribution in [0.1, 0.15) is 21.6 Å². The van der Waals surface area contributed by atoms with Gasteiger partial charge in [0.05, 0.1) is 23.4 Å². The molecule has 6 heteroatoms. The number of pyridine rings is 1. The Morgan fingerprint density at radius 3 is 2.40 bits per heavy atom. The molecule has 2 heterocycles. The lowest BCUT2D eigenvalue weighted by molar-refractivity contribution is -0.128. The van der Waals surface area contributed by atoms with Gasteiger partial charge in [0, 0.05) is 25.9 Å². The zero-order chi connectivity index (χ0) is 18.1. The number of nitrogens with zero attached hydrogens (tertiary/aromatic N) is 3. The van der Waals surface area contributed by atoms with Crippen molar-refractivity contribution in [2.24, 2.45) is 0 Å². The van der Waals surface area contributed by atoms with Crippen molar-refractivity contribution < 1.29 is 14.7 Å². The number of hydrogen-bond acceptors (Lipinski definition) is 3. The van der Waals surface area contributed by atoms with Gasteiger partial charge in [-0.05, 0) is 19.1 Å². The Morgan fingerprint density at radius 2 is 1.80 bits per heavy atom. The van der Waals surface area contributed by atoms with Crippen LogP contribution in [0.15, 0.2) is 42.6 Å². The topological polar surface area (TPSA) is 74.9 Å². The standard InChI is InChI=1S/C19H19N3O3/c1-12-4-6-13(7-5-12)18-15(10-17(23)21(2)3)22-11-14(19(24)25)8-9-16(22)20-18/h4-9,11H,10H2,1-3H3,(H,24,25). The Hall–Kier alpha value is -3.15. The molecule has 0 spiro atoms. The number of imidazole rings is 1. The molecule has 0 radical (unpaired) electrons. The molecule has 3 rings (SSSR count). The predicted octanol–water partition coefficient (Wildman–Crippen LogP) is 2.64. The molecule has 0 saturated carbocycles. The minimum Gasteiger partial charge on any atom is -0.478 e. The molecule has 25 heavy (non-hydrogen) atoms. The number of rotatable bonds is 4. The van der Waals surface area contributed by atoms with E-state index in [2.05, 4.69) is 4.98 Å². The van der Waals surface area contributed by atoms with E-state index < -0.39 is 5.97 Å². The third kappa shape index (κ3) is 3.24. The van der Waals surface area contributed by atoms with Crippen LogP contribution in [0.5, 0.6) is 0 Å². The Balaban J connectivity index is 2.22. The monoisotopic (exact) mass is 337 g/mol. The lowest BCUT2D eigenvalue weighted by Crippen LogP contribution is -2.24. The average molecular weight is 337 g/mol. The number of hydrogen-bond donors (Lipinski definition) is 1. The summed E-state index contributed by atoms with van der Waals surface area (Å²) in [5.41, 5.74) is 4.17. The van der Waals surface area contributed by atoms with Gasteiger partial charge in [-0.15, -0.1) is 0 Å². The maximum absolute atomic E-state index is 12.3. The van der Waals surface area contributed by atoms with E-state index in [1.807, 2.05) is 31.2 Å². The lowest BCUT2D eigenvalue weighted by Gasteiger charge is -2.11. The summed E-state index contributed by atoms with van der Waals surface area (Å²) in [5.74, 6) is -1.09. The quantitative estimate of drug-likeness (QED) is 0.794. The first-order valence-corrected chi connectivity index (χ1v) is 7.88. The summed E-state index contributed by atoms with van der Waals surface area (Å²) >= 11 is 0. The lowest BCUT2D eigenvalue weighted by atomic mass is 10.1. The van der Waals surface area contributed by atoms with E-state index in [0.29, 0.717) is 17.0 Å². The van der Waals surface area contributed by atoms with E-state index >= 15 is 0 Å². The van der Waals surface area contributed by atoms with Gasteiger partial charge >= 0.3 is 5.97 Å². The van der Waals surface area contributed by atoms with Gasteiger partial charge in [-0.25, -0.2) is 9.78 Å². The molecular formula is C19H19N3O3. The maximum Gasteiger partial charge on any atom is 0.337 e. The van der Waals surface area contributed by atoms with E-state index in [9.17, 15) is 14.7 Å². The molecular weight excluding hydrogens is 318 g/mol. The summed E-state index contributed by atoms with van der Waals surface area (Å²) in [6.45, 7) is 2.00. The zero-order valence-corrected chi connectivity index (χ0v) is 14.4. The molecule has 0 unspecified atom stereocenters. The number of aryl methyl sites for hydroxylation is 1. The summed E-state index contributed by atoms with van der Waals surface area (Å²) < 4.78 is 1.69. The zero-order valence-electron chi connectivity index (χ0n) is 14.4. The Labute approximate surface area is 145 Å². The largest absolute Gasteiger partial charge is 0.478 e. The molecule has 1 N–H and O–H groups in total. The van der Waals surface area contributed by atoms with Crippen molar-refractivity contribution >= 4 is 17.5 Å². The third-order valence-electron chi connectivity index (χ3n) is 4.11. The number of fused-ring (bicyclic) bond motifs is 1. The second kappa shape index (κ2) is 6.39. The Morgan fingerprint density at radius 1 is 1.12 bits per heavy atom. The van der Waals surface area contributed by atoms with E-state index in [1.54, 1.807) is 24.6 Å². The molecule has 0 atom stereocenters. The molecule has 3 aromatic rings. The highest BCUT2D eigenvalue weighted by molar-refractivity contribution is 5.88. The number of likely N-dealkylation sites (N-methyl/N-ethyl adjacent to an activating group) is 1. The van der Waals surface area contributed by atoms with Crippen LogP contribution in [0.3, 0.4) is 0 Å². The first-order valence-electron chi connectivity index (χ1n) is 7.88. The van der Waals surface area contributed by atoms with Crippen LogP contribution in [0.2, 0.25) is 0 Å². The predicted molar refractivity (Wildman–Crippen MR) is 94.7 cm³/mol. The highest BCUT2D eigenvalue weighted by Crippen LogP contribution is 2.26. The maximum atomic E-state index is 12.3. The van der Waals surface area contributed by atoms with Crippen LogP contribution in [-0.2, 0) is 11.2 Å². The fraction of sp³-hybridized carbons (Fsp3) is 0.211. The molecule has 0 fully saturated rings. The van der Waals surface area contributed by atoms with Crippen LogP contribution in [-0.4, -0.2) is 45.4 Å². The summed E-state index contributed by atoms with van der Waals surface area (Å²) in [5, 5.41) is 9.25. The minimum absolute atomic E-state index is 0.0733. The van der Waals surface area contributed by atoms with Crippen molar-refractivity contribution in [3.63, 3.8) is 0 Å². The molecule has 0 bridgehead atoms. The van der Waals surface area contributed by atoms with E-state index in [1.165, 1.54) is 17.2 Å². The SMILES string of the molecule is Cc1ccc(-c2nc3ccc(C(=O)O)cn3c2CC(=O)N(C)C)cc1. The van der Waals surface area contributed by atoms with Gasteiger partial charge in [-0.3, -0.25) is 4.79 Å². The highest BCUT2D eigenvalue weighted by Gasteiger charge is 2.19. The smallest absolute Gasteiger partial charge is 0.337 e. The number of carbonyl (C=O) groups excluding carboxylic acids is 1. The number of carbonyl (C=O) groups is 2. The van der Waals surface area contributed by atoms with Crippen LogP contribution in [0.4, 0.5) is 0 Å². The summed E-state index contributed by atoms with van der Waals surface area (Å²) in [6, 6.07) is 11.1. The number of aromatic nitrogens is 2. The van der Waals surface area contributed by atoms with Gasteiger partial charge < -0.3 is 14.4 Å². The van der Waals surface area contributed by atoms with Gasteiger partial charge in [0.1, 0.15) is 5.65 Å².